The fourth-order valence-electron chi connectivity index (χ4n) is 3.09. The highest BCUT2D eigenvalue weighted by molar-refractivity contribution is 6.25. The van der Waals surface area contributed by atoms with Crippen LogP contribution < -0.4 is 0 Å². The molecule has 1 atom stereocenters. The smallest absolute Gasteiger partial charge is 0.270 e. The van der Waals surface area contributed by atoms with E-state index in [0.29, 0.717) is 12.4 Å². The molecule has 0 aliphatic carbocycles. The standard InChI is InChI=1S/C13H20N5O2/c1-4-18-11(19)9-10(16(3)13(18)20)14-12(15(9)2)17-7-5-6-8-17/h9H,4-8H2,1-3H3/q+1. The average molecular weight is 278 g/mol. The minimum absolute atomic E-state index is 0.175. The molecule has 0 spiro atoms. The molecule has 3 heterocycles. The summed E-state index contributed by atoms with van der Waals surface area (Å²) in [5, 5.41) is 0. The van der Waals surface area contributed by atoms with Crippen LogP contribution in [-0.2, 0) is 4.79 Å². The maximum atomic E-state index is 12.5. The van der Waals surface area contributed by atoms with Crippen LogP contribution in [0.25, 0.3) is 0 Å². The van der Waals surface area contributed by atoms with Gasteiger partial charge in [-0.2, -0.15) is 0 Å². The number of amides is 3. The molecule has 1 unspecified atom stereocenters. The summed E-state index contributed by atoms with van der Waals surface area (Å²) in [5.41, 5.74) is 0. The number of hydrogen-bond donors (Lipinski definition) is 0. The first kappa shape index (κ1) is 13.1. The van der Waals surface area contributed by atoms with Gasteiger partial charge < -0.3 is 0 Å². The Kier molecular flexibility index (Phi) is 2.99. The average Bonchev–Trinajstić information content (AvgIpc) is 3.04. The SMILES string of the molecule is CCN1C(=O)C2C(=NC(=[N+]3CCCC3)N2C)N(C)C1=O. The van der Waals surface area contributed by atoms with E-state index >= 15 is 0 Å². The van der Waals surface area contributed by atoms with Crippen molar-refractivity contribution in [1.82, 2.24) is 14.7 Å². The number of rotatable bonds is 1. The van der Waals surface area contributed by atoms with Gasteiger partial charge in [-0.3, -0.25) is 19.2 Å². The lowest BCUT2D eigenvalue weighted by Crippen LogP contribution is -2.63. The molecule has 3 rings (SSSR count). The van der Waals surface area contributed by atoms with Crippen LogP contribution in [-0.4, -0.2) is 82.8 Å². The summed E-state index contributed by atoms with van der Waals surface area (Å²) in [6.07, 6.45) is 2.30. The quantitative estimate of drug-likeness (QED) is 0.623. The van der Waals surface area contributed by atoms with Gasteiger partial charge >= 0.3 is 12.0 Å². The molecule has 3 amide bonds. The minimum atomic E-state index is -0.465. The van der Waals surface area contributed by atoms with E-state index in [9.17, 15) is 9.59 Å². The molecular weight excluding hydrogens is 258 g/mol. The van der Waals surface area contributed by atoms with Crippen LogP contribution in [0.5, 0.6) is 0 Å². The number of nitrogens with zero attached hydrogens (tertiary/aromatic N) is 5. The van der Waals surface area contributed by atoms with Crippen molar-refractivity contribution in [2.24, 2.45) is 4.99 Å². The van der Waals surface area contributed by atoms with Crippen molar-refractivity contribution in [3.63, 3.8) is 0 Å². The Hall–Kier alpha value is -1.92. The predicted octanol–water partition coefficient (Wildman–Crippen LogP) is -0.225. The zero-order chi connectivity index (χ0) is 14.4. The van der Waals surface area contributed by atoms with E-state index in [0.717, 1.165) is 31.9 Å². The van der Waals surface area contributed by atoms with Crippen LogP contribution in [0, 0.1) is 0 Å². The van der Waals surface area contributed by atoms with Crippen LogP contribution in [0.4, 0.5) is 4.79 Å². The number of imide groups is 1. The number of amidine groups is 1. The fraction of sp³-hybridized carbons (Fsp3) is 0.692. The van der Waals surface area contributed by atoms with E-state index < -0.39 is 6.04 Å². The number of urea groups is 1. The summed E-state index contributed by atoms with van der Waals surface area (Å²) >= 11 is 0. The largest absolute Gasteiger partial charge is 0.392 e. The summed E-state index contributed by atoms with van der Waals surface area (Å²) in [4.78, 5) is 33.9. The molecule has 0 N–H and O–H groups in total. The maximum Gasteiger partial charge on any atom is 0.392 e. The zero-order valence-electron chi connectivity index (χ0n) is 12.2. The first-order chi connectivity index (χ1) is 9.56. The Morgan fingerprint density at radius 3 is 2.50 bits per heavy atom. The molecule has 0 bridgehead atoms. The van der Waals surface area contributed by atoms with E-state index in [1.807, 2.05) is 18.9 Å². The van der Waals surface area contributed by atoms with Gasteiger partial charge in [0.25, 0.3) is 5.91 Å². The summed E-state index contributed by atoms with van der Waals surface area (Å²) in [6, 6.07) is -0.753. The van der Waals surface area contributed by atoms with Crippen LogP contribution in [0.1, 0.15) is 19.8 Å². The molecule has 3 aliphatic heterocycles. The molecule has 0 aromatic carbocycles. The van der Waals surface area contributed by atoms with Crippen molar-refractivity contribution in [2.45, 2.75) is 25.8 Å². The predicted molar refractivity (Wildman–Crippen MR) is 73.8 cm³/mol. The van der Waals surface area contributed by atoms with Crippen LogP contribution in [0.2, 0.25) is 0 Å². The zero-order valence-corrected chi connectivity index (χ0v) is 12.2. The first-order valence-electron chi connectivity index (χ1n) is 7.08. The van der Waals surface area contributed by atoms with Gasteiger partial charge in [0.05, 0.1) is 20.1 Å². The third-order valence-corrected chi connectivity index (χ3v) is 4.23. The number of aliphatic imine (C=N–C) groups is 1. The second-order valence-electron chi connectivity index (χ2n) is 5.40. The number of likely N-dealkylation sites (N-methyl/N-ethyl adjacent to an activating group) is 3. The number of hydrogen-bond acceptors (Lipinski definition) is 2. The number of fused-ring (bicyclic) bond motifs is 1. The van der Waals surface area contributed by atoms with Crippen molar-refractivity contribution in [3.05, 3.63) is 0 Å². The van der Waals surface area contributed by atoms with Crippen LogP contribution in [0.3, 0.4) is 0 Å². The van der Waals surface area contributed by atoms with Crippen molar-refractivity contribution >= 4 is 23.7 Å². The van der Waals surface area contributed by atoms with Crippen molar-refractivity contribution in [2.75, 3.05) is 33.7 Å². The number of guanidine groups is 1. The molecule has 3 aliphatic rings. The molecule has 0 radical (unpaired) electrons. The van der Waals surface area contributed by atoms with Gasteiger partial charge in [0.1, 0.15) is 0 Å². The Morgan fingerprint density at radius 2 is 1.90 bits per heavy atom. The minimum Gasteiger partial charge on any atom is -0.270 e. The summed E-state index contributed by atoms with van der Waals surface area (Å²) < 4.78 is 2.19. The monoisotopic (exact) mass is 278 g/mol. The van der Waals surface area contributed by atoms with E-state index in [-0.39, 0.29) is 11.9 Å². The summed E-state index contributed by atoms with van der Waals surface area (Å²) in [6.45, 7) is 4.13. The Morgan fingerprint density at radius 1 is 1.25 bits per heavy atom. The molecule has 0 saturated carbocycles. The Balaban J connectivity index is 2.03. The molecule has 20 heavy (non-hydrogen) atoms. The number of carbonyl (C=O) groups is 2. The third kappa shape index (κ3) is 1.65. The second kappa shape index (κ2) is 4.57. The van der Waals surface area contributed by atoms with Crippen LogP contribution in [0.15, 0.2) is 4.99 Å². The first-order valence-corrected chi connectivity index (χ1v) is 7.08. The van der Waals surface area contributed by atoms with Gasteiger partial charge in [-0.25, -0.2) is 9.69 Å². The molecule has 2 saturated heterocycles. The molecular formula is C13H20N5O2+. The lowest BCUT2D eigenvalue weighted by Gasteiger charge is -2.33. The normalized spacial score (nSPS) is 26.6. The number of carbonyl (C=O) groups excluding carboxylic acids is 2. The fourth-order valence-corrected chi connectivity index (χ4v) is 3.09. The van der Waals surface area contributed by atoms with E-state index in [4.69, 9.17) is 0 Å². The second-order valence-corrected chi connectivity index (χ2v) is 5.40. The highest BCUT2D eigenvalue weighted by Crippen LogP contribution is 2.22. The lowest BCUT2D eigenvalue weighted by atomic mass is 10.1. The van der Waals surface area contributed by atoms with Crippen molar-refractivity contribution in [3.8, 4) is 0 Å². The summed E-state index contributed by atoms with van der Waals surface area (Å²) in [5.74, 6) is 1.19. The van der Waals surface area contributed by atoms with Gasteiger partial charge in [-0.05, 0) is 19.8 Å². The van der Waals surface area contributed by atoms with Gasteiger partial charge in [0, 0.05) is 13.6 Å². The van der Waals surface area contributed by atoms with Crippen molar-refractivity contribution in [1.29, 1.82) is 0 Å². The Bertz CT molecular complexity index is 531. The third-order valence-electron chi connectivity index (χ3n) is 4.23. The Labute approximate surface area is 118 Å². The van der Waals surface area contributed by atoms with Crippen molar-refractivity contribution < 1.29 is 14.2 Å². The van der Waals surface area contributed by atoms with Gasteiger partial charge in [-0.15, -0.1) is 0 Å². The van der Waals surface area contributed by atoms with Crippen LogP contribution >= 0.6 is 0 Å². The van der Waals surface area contributed by atoms with Gasteiger partial charge in [-0.1, -0.05) is 4.99 Å². The van der Waals surface area contributed by atoms with E-state index in [2.05, 4.69) is 9.57 Å². The maximum absolute atomic E-state index is 12.5. The molecule has 7 nitrogen and oxygen atoms in total. The molecule has 0 aromatic heterocycles. The van der Waals surface area contributed by atoms with Gasteiger partial charge in [0.2, 0.25) is 11.9 Å². The van der Waals surface area contributed by atoms with Gasteiger partial charge in [0.15, 0.2) is 0 Å². The summed E-state index contributed by atoms with van der Waals surface area (Å²) in [7, 11) is 3.56. The molecule has 108 valence electrons. The molecule has 7 heteroatoms. The highest BCUT2D eigenvalue weighted by atomic mass is 16.2. The highest BCUT2D eigenvalue weighted by Gasteiger charge is 2.54. The van der Waals surface area contributed by atoms with E-state index in [1.54, 1.807) is 7.05 Å². The molecule has 0 aromatic rings. The van der Waals surface area contributed by atoms with E-state index in [1.165, 1.54) is 9.80 Å². The lowest BCUT2D eigenvalue weighted by molar-refractivity contribution is -0.511. The topological polar surface area (TPSA) is 59.2 Å². The molecule has 2 fully saturated rings.